The Bertz CT molecular complexity index is 733. The highest BCUT2D eigenvalue weighted by atomic mass is 16.3. The number of nitrogens with zero attached hydrogens (tertiary/aromatic N) is 1. The first-order valence-corrected chi connectivity index (χ1v) is 8.88. The Morgan fingerprint density at radius 2 is 1.96 bits per heavy atom. The number of rotatable bonds is 5. The van der Waals surface area contributed by atoms with Gasteiger partial charge in [-0.1, -0.05) is 18.1 Å². The van der Waals surface area contributed by atoms with Gasteiger partial charge in [-0.05, 0) is 38.5 Å². The molecule has 7 heteroatoms. The number of aliphatic hydroxyl groups excluding tert-OH is 1. The average Bonchev–Trinajstić information content (AvgIpc) is 3.01. The molecule has 0 bridgehead atoms. The molecule has 1 aliphatic rings. The third-order valence-electron chi connectivity index (χ3n) is 4.83. The Morgan fingerprint density at radius 1 is 1.37 bits per heavy atom. The van der Waals surface area contributed by atoms with E-state index in [0.29, 0.717) is 0 Å². The second kappa shape index (κ2) is 8.09. The summed E-state index contributed by atoms with van der Waals surface area (Å²) in [5, 5.41) is 22.8. The van der Waals surface area contributed by atoms with Crippen LogP contribution in [0.1, 0.15) is 44.4 Å². The lowest BCUT2D eigenvalue weighted by Crippen LogP contribution is -2.58. The van der Waals surface area contributed by atoms with Crippen molar-refractivity contribution in [2.75, 3.05) is 6.54 Å². The lowest BCUT2D eigenvalue weighted by molar-refractivity contribution is -0.143. The van der Waals surface area contributed by atoms with Crippen LogP contribution in [0.15, 0.2) is 24.3 Å². The summed E-state index contributed by atoms with van der Waals surface area (Å²) in [5.41, 5.74) is 6.01. The summed E-state index contributed by atoms with van der Waals surface area (Å²) in [6.45, 7) is 4.69. The van der Waals surface area contributed by atoms with Gasteiger partial charge in [0.05, 0.1) is 17.7 Å². The van der Waals surface area contributed by atoms with Crippen LogP contribution in [0.25, 0.3) is 0 Å². The van der Waals surface area contributed by atoms with Crippen molar-refractivity contribution >= 4 is 11.8 Å². The number of nitrogens with one attached hydrogen (secondary N) is 1. The minimum atomic E-state index is -1.43. The van der Waals surface area contributed by atoms with Crippen molar-refractivity contribution in [2.45, 2.75) is 57.0 Å². The van der Waals surface area contributed by atoms with Gasteiger partial charge in [0.25, 0.3) is 0 Å². The summed E-state index contributed by atoms with van der Waals surface area (Å²) in [6.07, 6.45) is 4.65. The van der Waals surface area contributed by atoms with Gasteiger partial charge in [-0.3, -0.25) is 9.59 Å². The molecule has 1 aromatic carbocycles. The molecule has 1 aliphatic heterocycles. The van der Waals surface area contributed by atoms with Crippen molar-refractivity contribution in [3.8, 4) is 12.3 Å². The third kappa shape index (κ3) is 4.86. The number of amides is 2. The van der Waals surface area contributed by atoms with Crippen LogP contribution in [0.4, 0.5) is 0 Å². The van der Waals surface area contributed by atoms with E-state index in [0.717, 1.165) is 11.1 Å². The van der Waals surface area contributed by atoms with Crippen LogP contribution in [0.5, 0.6) is 0 Å². The zero-order chi connectivity index (χ0) is 20.4. The van der Waals surface area contributed by atoms with Crippen molar-refractivity contribution in [1.29, 1.82) is 0 Å². The molecule has 1 heterocycles. The molecule has 1 aromatic rings. The molecule has 146 valence electrons. The molecule has 2 rings (SSSR count). The van der Waals surface area contributed by atoms with Gasteiger partial charge >= 0.3 is 0 Å². The maximum Gasteiger partial charge on any atom is 0.243 e. The number of carbonyl (C=O) groups is 2. The van der Waals surface area contributed by atoms with E-state index >= 15 is 0 Å². The van der Waals surface area contributed by atoms with E-state index in [1.807, 2.05) is 19.1 Å². The number of likely N-dealkylation sites (tertiary alicyclic amines) is 1. The summed E-state index contributed by atoms with van der Waals surface area (Å²) in [6, 6.07) is 4.90. The molecule has 0 aromatic heterocycles. The second-order valence-electron chi connectivity index (χ2n) is 7.52. The Morgan fingerprint density at radius 3 is 2.48 bits per heavy atom. The van der Waals surface area contributed by atoms with Gasteiger partial charge in [0.15, 0.2) is 0 Å². The fourth-order valence-corrected chi connectivity index (χ4v) is 3.05. The number of terminal acetylenes is 1. The Kier molecular flexibility index (Phi) is 6.26. The molecular weight excluding hydrogens is 346 g/mol. The van der Waals surface area contributed by atoms with Crippen molar-refractivity contribution < 1.29 is 19.8 Å². The van der Waals surface area contributed by atoms with E-state index in [1.54, 1.807) is 12.1 Å². The molecule has 0 spiro atoms. The number of benzene rings is 1. The van der Waals surface area contributed by atoms with Crippen LogP contribution in [-0.4, -0.2) is 57.3 Å². The molecule has 5 N–H and O–H groups in total. The van der Waals surface area contributed by atoms with Crippen molar-refractivity contribution in [2.24, 2.45) is 5.73 Å². The lowest BCUT2D eigenvalue weighted by Gasteiger charge is -2.32. The molecule has 0 saturated carbocycles. The minimum Gasteiger partial charge on any atom is -0.391 e. The van der Waals surface area contributed by atoms with Crippen molar-refractivity contribution in [3.63, 3.8) is 0 Å². The van der Waals surface area contributed by atoms with Crippen LogP contribution in [0, 0.1) is 12.3 Å². The van der Waals surface area contributed by atoms with Gasteiger partial charge in [0.2, 0.25) is 11.8 Å². The SMILES string of the molecule is C#Cc1ccc([C@H](C)NC(=O)[C@@H]2C[C@@H](O)CN2C(=O)C(N)C(C)(C)O)cc1. The van der Waals surface area contributed by atoms with Crippen molar-refractivity contribution in [3.05, 3.63) is 35.4 Å². The fourth-order valence-electron chi connectivity index (χ4n) is 3.05. The molecule has 7 nitrogen and oxygen atoms in total. The summed E-state index contributed by atoms with van der Waals surface area (Å²) in [5.74, 6) is 1.59. The fraction of sp³-hybridized carbons (Fsp3) is 0.500. The quantitative estimate of drug-likeness (QED) is 0.538. The van der Waals surface area contributed by atoms with E-state index < -0.39 is 29.7 Å². The largest absolute Gasteiger partial charge is 0.391 e. The Labute approximate surface area is 159 Å². The zero-order valence-electron chi connectivity index (χ0n) is 15.8. The van der Waals surface area contributed by atoms with Gasteiger partial charge in [0, 0.05) is 18.5 Å². The van der Waals surface area contributed by atoms with Gasteiger partial charge < -0.3 is 26.2 Å². The number of nitrogens with two attached hydrogens (primary N) is 1. The number of hydrogen-bond donors (Lipinski definition) is 4. The summed E-state index contributed by atoms with van der Waals surface area (Å²) < 4.78 is 0. The standard InChI is InChI=1S/C20H27N3O4/c1-5-13-6-8-14(9-7-13)12(2)22-18(25)16-10-15(24)11-23(16)19(26)17(21)20(3,4)27/h1,6-9,12,15-17,24,27H,10-11,21H2,2-4H3,(H,22,25)/t12-,15+,16-,17?/m0/s1. The highest BCUT2D eigenvalue weighted by molar-refractivity contribution is 5.91. The van der Waals surface area contributed by atoms with E-state index in [4.69, 9.17) is 12.2 Å². The van der Waals surface area contributed by atoms with Gasteiger partial charge in [-0.15, -0.1) is 6.42 Å². The normalized spacial score (nSPS) is 22.0. The molecule has 2 amide bonds. The molecule has 0 aliphatic carbocycles. The maximum atomic E-state index is 12.7. The molecule has 1 saturated heterocycles. The van der Waals surface area contributed by atoms with E-state index in [1.165, 1.54) is 18.7 Å². The minimum absolute atomic E-state index is 0.00590. The number of aliphatic hydroxyl groups is 2. The van der Waals surface area contributed by atoms with Gasteiger partial charge in [-0.2, -0.15) is 0 Å². The zero-order valence-corrected chi connectivity index (χ0v) is 15.8. The molecule has 0 radical (unpaired) electrons. The van der Waals surface area contributed by atoms with Gasteiger partial charge in [0.1, 0.15) is 12.1 Å². The Balaban J connectivity index is 2.10. The Hall–Kier alpha value is -2.40. The van der Waals surface area contributed by atoms with E-state index in [-0.39, 0.29) is 24.9 Å². The van der Waals surface area contributed by atoms with Crippen LogP contribution in [-0.2, 0) is 9.59 Å². The smallest absolute Gasteiger partial charge is 0.243 e. The number of β-amino-alcohol motifs (C(OH)–C–C–N with tert-alkyl or cyclic N) is 1. The highest BCUT2D eigenvalue weighted by Gasteiger charge is 2.43. The maximum absolute atomic E-state index is 12.7. The number of hydrogen-bond acceptors (Lipinski definition) is 5. The lowest BCUT2D eigenvalue weighted by atomic mass is 9.98. The van der Waals surface area contributed by atoms with Crippen LogP contribution in [0.3, 0.4) is 0 Å². The molecule has 4 atom stereocenters. The monoisotopic (exact) mass is 373 g/mol. The highest BCUT2D eigenvalue weighted by Crippen LogP contribution is 2.22. The first kappa shape index (κ1) is 20.9. The van der Waals surface area contributed by atoms with Crippen LogP contribution in [0.2, 0.25) is 0 Å². The molecule has 1 unspecified atom stereocenters. The molecule has 27 heavy (non-hydrogen) atoms. The average molecular weight is 373 g/mol. The topological polar surface area (TPSA) is 116 Å². The van der Waals surface area contributed by atoms with Crippen molar-refractivity contribution in [1.82, 2.24) is 10.2 Å². The van der Waals surface area contributed by atoms with Crippen LogP contribution < -0.4 is 11.1 Å². The first-order valence-electron chi connectivity index (χ1n) is 8.88. The van der Waals surface area contributed by atoms with Crippen LogP contribution >= 0.6 is 0 Å². The van der Waals surface area contributed by atoms with E-state index in [9.17, 15) is 19.8 Å². The summed E-state index contributed by atoms with van der Waals surface area (Å²) >= 11 is 0. The molecule has 1 fully saturated rings. The van der Waals surface area contributed by atoms with Gasteiger partial charge in [-0.25, -0.2) is 0 Å². The summed E-state index contributed by atoms with van der Waals surface area (Å²) in [7, 11) is 0. The molecular formula is C20H27N3O4. The van der Waals surface area contributed by atoms with E-state index in [2.05, 4.69) is 11.2 Å². The number of carbonyl (C=O) groups excluding carboxylic acids is 2. The predicted molar refractivity (Wildman–Crippen MR) is 101 cm³/mol. The predicted octanol–water partition coefficient (Wildman–Crippen LogP) is -0.0949. The summed E-state index contributed by atoms with van der Waals surface area (Å²) in [4.78, 5) is 26.6. The second-order valence-corrected chi connectivity index (χ2v) is 7.52. The first-order chi connectivity index (χ1) is 12.5. The third-order valence-corrected chi connectivity index (χ3v) is 4.83.